The summed E-state index contributed by atoms with van der Waals surface area (Å²) in [7, 11) is 1.32. The molecule has 0 radical (unpaired) electrons. The van der Waals surface area contributed by atoms with E-state index in [-0.39, 0.29) is 43.2 Å². The Labute approximate surface area is 197 Å². The third kappa shape index (κ3) is 4.88. The van der Waals surface area contributed by atoms with E-state index in [0.717, 1.165) is 11.1 Å². The first-order valence-electron chi connectivity index (χ1n) is 10.9. The molecule has 7 nitrogen and oxygen atoms in total. The molecule has 1 aliphatic heterocycles. The molecule has 0 N–H and O–H groups in total. The number of imide groups is 1. The van der Waals surface area contributed by atoms with Gasteiger partial charge >= 0.3 is 5.97 Å². The predicted octanol–water partition coefficient (Wildman–Crippen LogP) is 3.69. The normalized spacial score (nSPS) is 12.4. The number of amides is 3. The molecule has 0 bridgehead atoms. The molecule has 0 spiro atoms. The van der Waals surface area contributed by atoms with Crippen LogP contribution in [-0.4, -0.2) is 47.1 Å². The Morgan fingerprint density at radius 3 is 1.97 bits per heavy atom. The number of ether oxygens (including phenoxy) is 1. The zero-order valence-corrected chi connectivity index (χ0v) is 18.8. The molecule has 3 aromatic rings. The highest BCUT2D eigenvalue weighted by Crippen LogP contribution is 2.24. The van der Waals surface area contributed by atoms with Gasteiger partial charge < -0.3 is 9.64 Å². The Morgan fingerprint density at radius 2 is 1.38 bits per heavy atom. The van der Waals surface area contributed by atoms with Crippen molar-refractivity contribution >= 4 is 23.7 Å². The molecule has 0 aliphatic carbocycles. The largest absolute Gasteiger partial charge is 0.469 e. The van der Waals surface area contributed by atoms with Crippen LogP contribution >= 0.6 is 0 Å². The Kier molecular flexibility index (Phi) is 6.82. The maximum atomic E-state index is 13.2. The van der Waals surface area contributed by atoms with Crippen molar-refractivity contribution in [1.82, 2.24) is 9.80 Å². The van der Waals surface area contributed by atoms with Crippen molar-refractivity contribution in [3.63, 3.8) is 0 Å². The van der Waals surface area contributed by atoms with Crippen molar-refractivity contribution in [2.75, 3.05) is 13.7 Å². The first-order chi connectivity index (χ1) is 16.5. The van der Waals surface area contributed by atoms with Crippen molar-refractivity contribution in [2.24, 2.45) is 0 Å². The van der Waals surface area contributed by atoms with Crippen LogP contribution in [-0.2, 0) is 22.6 Å². The van der Waals surface area contributed by atoms with Crippen LogP contribution in [0.2, 0.25) is 0 Å². The Morgan fingerprint density at radius 1 is 0.794 bits per heavy atom. The molecule has 34 heavy (non-hydrogen) atoms. The number of nitrogens with zero attached hydrogens (tertiary/aromatic N) is 2. The number of carbonyl (C=O) groups excluding carboxylic acids is 4. The molecule has 0 unspecified atom stereocenters. The summed E-state index contributed by atoms with van der Waals surface area (Å²) >= 11 is 0. The van der Waals surface area contributed by atoms with E-state index in [0.29, 0.717) is 23.2 Å². The number of fused-ring (bicyclic) bond motifs is 1. The average molecular weight is 456 g/mol. The van der Waals surface area contributed by atoms with Crippen LogP contribution in [0.4, 0.5) is 0 Å². The molecule has 0 saturated heterocycles. The minimum Gasteiger partial charge on any atom is -0.469 e. The Bertz CT molecular complexity index is 1190. The van der Waals surface area contributed by atoms with Gasteiger partial charge in [-0.05, 0) is 35.4 Å². The number of rotatable bonds is 8. The van der Waals surface area contributed by atoms with Gasteiger partial charge in [-0.3, -0.25) is 24.1 Å². The lowest BCUT2D eigenvalue weighted by Gasteiger charge is -2.23. The summed E-state index contributed by atoms with van der Waals surface area (Å²) in [5, 5.41) is 0. The summed E-state index contributed by atoms with van der Waals surface area (Å²) in [5.41, 5.74) is 2.94. The van der Waals surface area contributed by atoms with E-state index in [1.807, 2.05) is 30.3 Å². The maximum absolute atomic E-state index is 13.2. The summed E-state index contributed by atoms with van der Waals surface area (Å²) in [4.78, 5) is 52.9. The lowest BCUT2D eigenvalue weighted by Crippen LogP contribution is -2.33. The van der Waals surface area contributed by atoms with Gasteiger partial charge in [0.05, 0.1) is 31.2 Å². The first-order valence-corrected chi connectivity index (χ1v) is 10.9. The van der Waals surface area contributed by atoms with Gasteiger partial charge in [0.25, 0.3) is 17.7 Å². The van der Waals surface area contributed by atoms with Crippen LogP contribution < -0.4 is 0 Å². The summed E-state index contributed by atoms with van der Waals surface area (Å²) < 4.78 is 4.72. The van der Waals surface area contributed by atoms with Gasteiger partial charge in [0, 0.05) is 18.7 Å². The fraction of sp³-hybridized carbons (Fsp3) is 0.185. The van der Waals surface area contributed by atoms with E-state index in [9.17, 15) is 19.2 Å². The monoisotopic (exact) mass is 456 g/mol. The lowest BCUT2D eigenvalue weighted by molar-refractivity contribution is -0.140. The zero-order valence-electron chi connectivity index (χ0n) is 18.8. The van der Waals surface area contributed by atoms with E-state index in [1.54, 1.807) is 53.4 Å². The Balaban J connectivity index is 1.47. The minimum atomic E-state index is -0.387. The molecule has 0 fully saturated rings. The van der Waals surface area contributed by atoms with E-state index in [4.69, 9.17) is 4.74 Å². The van der Waals surface area contributed by atoms with E-state index in [2.05, 4.69) is 0 Å². The number of methoxy groups -OCH3 is 1. The SMILES string of the molecule is COC(=O)CCN(Cc1ccccc1)C(=O)c1ccc(CN2C(=O)c3ccccc3C2=O)cc1. The van der Waals surface area contributed by atoms with Crippen molar-refractivity contribution in [3.8, 4) is 0 Å². The van der Waals surface area contributed by atoms with Gasteiger partial charge in [-0.1, -0.05) is 54.6 Å². The third-order valence-corrected chi connectivity index (χ3v) is 5.74. The predicted molar refractivity (Wildman–Crippen MR) is 125 cm³/mol. The molecule has 172 valence electrons. The van der Waals surface area contributed by atoms with Gasteiger partial charge in [0.2, 0.25) is 0 Å². The molecule has 3 aromatic carbocycles. The van der Waals surface area contributed by atoms with Crippen molar-refractivity contribution < 1.29 is 23.9 Å². The van der Waals surface area contributed by atoms with E-state index < -0.39 is 0 Å². The number of esters is 1. The van der Waals surface area contributed by atoms with Crippen LogP contribution in [0, 0.1) is 0 Å². The molecule has 0 saturated carbocycles. The highest BCUT2D eigenvalue weighted by molar-refractivity contribution is 6.21. The zero-order chi connectivity index (χ0) is 24.1. The fourth-order valence-corrected chi connectivity index (χ4v) is 3.89. The molecule has 3 amide bonds. The van der Waals surface area contributed by atoms with Gasteiger partial charge in [-0.25, -0.2) is 0 Å². The summed E-state index contributed by atoms with van der Waals surface area (Å²) in [5.74, 6) is -1.25. The quantitative estimate of drug-likeness (QED) is 0.381. The second-order valence-corrected chi connectivity index (χ2v) is 7.98. The molecule has 4 rings (SSSR count). The van der Waals surface area contributed by atoms with Crippen LogP contribution in [0.3, 0.4) is 0 Å². The second-order valence-electron chi connectivity index (χ2n) is 7.98. The van der Waals surface area contributed by atoms with Gasteiger partial charge in [0.15, 0.2) is 0 Å². The van der Waals surface area contributed by atoms with Crippen molar-refractivity contribution in [1.29, 1.82) is 0 Å². The highest BCUT2D eigenvalue weighted by Gasteiger charge is 2.34. The fourth-order valence-electron chi connectivity index (χ4n) is 3.89. The van der Waals surface area contributed by atoms with Crippen LogP contribution in [0.1, 0.15) is 48.6 Å². The van der Waals surface area contributed by atoms with E-state index in [1.165, 1.54) is 12.0 Å². The molecular formula is C27H24N2O5. The summed E-state index contributed by atoms with van der Waals surface area (Å²) in [6.45, 7) is 0.696. The van der Waals surface area contributed by atoms with E-state index >= 15 is 0 Å². The van der Waals surface area contributed by atoms with Crippen LogP contribution in [0.25, 0.3) is 0 Å². The van der Waals surface area contributed by atoms with Crippen LogP contribution in [0.15, 0.2) is 78.9 Å². The standard InChI is InChI=1S/C27H24N2O5/c1-34-24(30)15-16-28(17-19-7-3-2-4-8-19)25(31)21-13-11-20(12-14-21)18-29-26(32)22-9-5-6-10-23(22)27(29)33/h2-14H,15-18H2,1H3. The smallest absolute Gasteiger partial charge is 0.307 e. The average Bonchev–Trinajstić information content (AvgIpc) is 3.12. The molecule has 0 aromatic heterocycles. The molecule has 7 heteroatoms. The second kappa shape index (κ2) is 10.1. The van der Waals surface area contributed by atoms with Gasteiger partial charge in [-0.15, -0.1) is 0 Å². The maximum Gasteiger partial charge on any atom is 0.307 e. The molecule has 0 atom stereocenters. The van der Waals surface area contributed by atoms with Gasteiger partial charge in [-0.2, -0.15) is 0 Å². The Hall–Kier alpha value is -4.26. The summed E-state index contributed by atoms with van der Waals surface area (Å²) in [6.07, 6.45) is 0.0902. The van der Waals surface area contributed by atoms with Crippen molar-refractivity contribution in [3.05, 3.63) is 107 Å². The molecule has 1 heterocycles. The topological polar surface area (TPSA) is 84.0 Å². The number of carbonyl (C=O) groups is 4. The van der Waals surface area contributed by atoms with Crippen molar-refractivity contribution in [2.45, 2.75) is 19.5 Å². The minimum absolute atomic E-state index is 0.0902. The molecule has 1 aliphatic rings. The lowest BCUT2D eigenvalue weighted by atomic mass is 10.1. The van der Waals surface area contributed by atoms with Gasteiger partial charge in [0.1, 0.15) is 0 Å². The third-order valence-electron chi connectivity index (χ3n) is 5.74. The number of benzene rings is 3. The van der Waals surface area contributed by atoms with Crippen LogP contribution in [0.5, 0.6) is 0 Å². The number of hydrogen-bond acceptors (Lipinski definition) is 5. The molecular weight excluding hydrogens is 432 g/mol. The first kappa shape index (κ1) is 22.9. The summed E-state index contributed by atoms with van der Waals surface area (Å²) in [6, 6.07) is 23.1. The number of hydrogen-bond donors (Lipinski definition) is 0. The highest BCUT2D eigenvalue weighted by atomic mass is 16.5.